The van der Waals surface area contributed by atoms with E-state index in [1.54, 1.807) is 6.33 Å². The highest BCUT2D eigenvalue weighted by molar-refractivity contribution is 5.95. The molecule has 2 aromatic heterocycles. The summed E-state index contributed by atoms with van der Waals surface area (Å²) in [5, 5.41) is 13.5. The maximum atomic E-state index is 11.4. The number of amides is 1. The Bertz CT molecular complexity index is 1250. The number of nitrogens with one attached hydrogen (secondary N) is 1. The summed E-state index contributed by atoms with van der Waals surface area (Å²) in [7, 11) is 0. The number of nitrogens with zero attached hydrogens (tertiary/aromatic N) is 6. The van der Waals surface area contributed by atoms with Gasteiger partial charge in [0.15, 0.2) is 17.0 Å². The van der Waals surface area contributed by atoms with Crippen molar-refractivity contribution in [2.75, 3.05) is 38.0 Å². The highest BCUT2D eigenvalue weighted by atomic mass is 16.3. The molecular weight excluding hydrogens is 454 g/mol. The molecule has 0 aliphatic carbocycles. The zero-order chi connectivity index (χ0) is 24.9. The van der Waals surface area contributed by atoms with E-state index >= 15 is 0 Å². The molecule has 0 bridgehead atoms. The maximum absolute atomic E-state index is 11.4. The smallest absolute Gasteiger partial charge is 0.222 e. The molecule has 1 unspecified atom stereocenters. The largest absolute Gasteiger partial charge is 0.390 e. The van der Waals surface area contributed by atoms with Gasteiger partial charge in [-0.3, -0.25) is 14.6 Å². The molecule has 1 amide bonds. The lowest BCUT2D eigenvalue weighted by atomic mass is 9.96. The number of piperazine rings is 1. The second kappa shape index (κ2) is 10.9. The summed E-state index contributed by atoms with van der Waals surface area (Å²) in [6.07, 6.45) is 2.45. The summed E-state index contributed by atoms with van der Waals surface area (Å²) < 4.78 is 1.81. The minimum absolute atomic E-state index is 0.217. The van der Waals surface area contributed by atoms with Gasteiger partial charge >= 0.3 is 0 Å². The Morgan fingerprint density at radius 2 is 1.56 bits per heavy atom. The zero-order valence-electron chi connectivity index (χ0n) is 20.4. The monoisotopic (exact) mass is 485 g/mol. The van der Waals surface area contributed by atoms with Gasteiger partial charge in [-0.15, -0.1) is 0 Å². The van der Waals surface area contributed by atoms with E-state index in [9.17, 15) is 9.90 Å². The van der Waals surface area contributed by atoms with E-state index in [1.165, 1.54) is 24.4 Å². The van der Waals surface area contributed by atoms with Crippen LogP contribution in [0.4, 0.5) is 5.82 Å². The Kier molecular flexibility index (Phi) is 7.31. The van der Waals surface area contributed by atoms with Crippen LogP contribution in [0, 0.1) is 0 Å². The van der Waals surface area contributed by atoms with Gasteiger partial charge in [-0.2, -0.15) is 0 Å². The van der Waals surface area contributed by atoms with Crippen LogP contribution in [0.2, 0.25) is 0 Å². The van der Waals surface area contributed by atoms with Gasteiger partial charge in [0.1, 0.15) is 6.33 Å². The van der Waals surface area contributed by atoms with Gasteiger partial charge in [-0.05, 0) is 11.1 Å². The van der Waals surface area contributed by atoms with E-state index < -0.39 is 6.10 Å². The van der Waals surface area contributed by atoms with Crippen molar-refractivity contribution < 1.29 is 9.90 Å². The second-order valence-electron chi connectivity index (χ2n) is 9.19. The predicted octanol–water partition coefficient (Wildman–Crippen LogP) is 2.55. The van der Waals surface area contributed by atoms with Crippen LogP contribution in [0.3, 0.4) is 0 Å². The number of anilines is 1. The molecule has 5 rings (SSSR count). The zero-order valence-corrected chi connectivity index (χ0v) is 20.4. The molecule has 9 nitrogen and oxygen atoms in total. The molecule has 1 saturated heterocycles. The number of fused-ring (bicyclic) bond motifs is 1. The van der Waals surface area contributed by atoms with Gasteiger partial charge in [0, 0.05) is 39.6 Å². The lowest BCUT2D eigenvalue weighted by Crippen LogP contribution is -2.50. The average molecular weight is 486 g/mol. The molecule has 2 aromatic carbocycles. The van der Waals surface area contributed by atoms with E-state index in [0.717, 1.165) is 26.2 Å². The minimum Gasteiger partial charge on any atom is -0.390 e. The standard InChI is InChI=1S/C27H31N7O2/c1-20(35)31-26-24-27(29-18-28-26)34(19-30-24)17-23(36)16-32-12-14-33(15-13-32)25(21-8-4-2-5-9-21)22-10-6-3-7-11-22/h2-11,18-19,23,25,36H,12-17H2,1H3,(H,28,29,31,35). The van der Waals surface area contributed by atoms with E-state index in [2.05, 4.69) is 90.7 Å². The van der Waals surface area contributed by atoms with Crippen molar-refractivity contribution in [3.63, 3.8) is 0 Å². The molecule has 3 heterocycles. The molecule has 186 valence electrons. The quantitative estimate of drug-likeness (QED) is 0.396. The number of rotatable bonds is 8. The minimum atomic E-state index is -0.577. The van der Waals surface area contributed by atoms with E-state index in [4.69, 9.17) is 0 Å². The molecule has 1 fully saturated rings. The summed E-state index contributed by atoms with van der Waals surface area (Å²) in [6.45, 7) is 5.96. The van der Waals surface area contributed by atoms with Gasteiger partial charge in [-0.1, -0.05) is 60.7 Å². The van der Waals surface area contributed by atoms with E-state index in [-0.39, 0.29) is 11.9 Å². The van der Waals surface area contributed by atoms with E-state index in [1.807, 2.05) is 4.57 Å². The number of hydrogen-bond acceptors (Lipinski definition) is 7. The van der Waals surface area contributed by atoms with Crippen molar-refractivity contribution >= 4 is 22.9 Å². The Labute approximate surface area is 210 Å². The van der Waals surface area contributed by atoms with Crippen molar-refractivity contribution in [1.29, 1.82) is 0 Å². The van der Waals surface area contributed by atoms with Gasteiger partial charge in [0.2, 0.25) is 5.91 Å². The van der Waals surface area contributed by atoms with E-state index in [0.29, 0.717) is 30.1 Å². The number of β-amino-alcohol motifs (C(OH)–C–C–N with tert-alkyl or cyclic N) is 1. The number of aliphatic hydroxyl groups is 1. The van der Waals surface area contributed by atoms with Crippen LogP contribution in [0.25, 0.3) is 11.2 Å². The molecule has 0 saturated carbocycles. The summed E-state index contributed by atoms with van der Waals surface area (Å²) >= 11 is 0. The van der Waals surface area contributed by atoms with Crippen LogP contribution in [0.5, 0.6) is 0 Å². The van der Waals surface area contributed by atoms with Crippen LogP contribution < -0.4 is 5.32 Å². The summed E-state index contributed by atoms with van der Waals surface area (Å²) in [6, 6.07) is 21.5. The fraction of sp³-hybridized carbons (Fsp3) is 0.333. The van der Waals surface area contributed by atoms with Crippen molar-refractivity contribution in [3.05, 3.63) is 84.4 Å². The van der Waals surface area contributed by atoms with Crippen molar-refractivity contribution in [1.82, 2.24) is 29.3 Å². The summed E-state index contributed by atoms with van der Waals surface area (Å²) in [4.78, 5) is 29.0. The molecule has 4 aromatic rings. The number of aliphatic hydroxyl groups excluding tert-OH is 1. The molecule has 1 atom stereocenters. The first-order valence-corrected chi connectivity index (χ1v) is 12.3. The number of aromatic nitrogens is 4. The highest BCUT2D eigenvalue weighted by Gasteiger charge is 2.27. The predicted molar refractivity (Wildman–Crippen MR) is 138 cm³/mol. The van der Waals surface area contributed by atoms with Crippen molar-refractivity contribution in [2.24, 2.45) is 0 Å². The third-order valence-electron chi connectivity index (χ3n) is 6.57. The molecule has 0 radical (unpaired) electrons. The van der Waals surface area contributed by atoms with Crippen LogP contribution in [0.15, 0.2) is 73.3 Å². The lowest BCUT2D eigenvalue weighted by molar-refractivity contribution is -0.114. The van der Waals surface area contributed by atoms with Crippen LogP contribution in [0.1, 0.15) is 24.1 Å². The highest BCUT2D eigenvalue weighted by Crippen LogP contribution is 2.29. The third kappa shape index (κ3) is 5.43. The molecule has 36 heavy (non-hydrogen) atoms. The number of hydrogen-bond donors (Lipinski definition) is 2. The van der Waals surface area contributed by atoms with Crippen molar-refractivity contribution in [2.45, 2.75) is 25.6 Å². The Morgan fingerprint density at radius 3 is 2.17 bits per heavy atom. The first kappa shape index (κ1) is 24.1. The first-order chi connectivity index (χ1) is 17.6. The first-order valence-electron chi connectivity index (χ1n) is 12.3. The van der Waals surface area contributed by atoms with Crippen LogP contribution in [-0.2, 0) is 11.3 Å². The Hall–Kier alpha value is -3.66. The molecule has 1 aliphatic heterocycles. The normalized spacial score (nSPS) is 15.9. The van der Waals surface area contributed by atoms with Crippen LogP contribution >= 0.6 is 0 Å². The molecular formula is C27H31N7O2. The Morgan fingerprint density at radius 1 is 0.917 bits per heavy atom. The summed E-state index contributed by atoms with van der Waals surface area (Å²) in [5.74, 6) is 0.161. The molecule has 2 N–H and O–H groups in total. The fourth-order valence-corrected chi connectivity index (χ4v) is 4.94. The number of carbonyl (C=O) groups excluding carboxylic acids is 1. The lowest BCUT2D eigenvalue weighted by Gasteiger charge is -2.40. The summed E-state index contributed by atoms with van der Waals surface area (Å²) in [5.41, 5.74) is 3.70. The fourth-order valence-electron chi connectivity index (χ4n) is 4.94. The van der Waals surface area contributed by atoms with Gasteiger partial charge in [0.05, 0.1) is 25.0 Å². The maximum Gasteiger partial charge on any atom is 0.222 e. The SMILES string of the molecule is CC(=O)Nc1ncnc2c1ncn2CC(O)CN1CCN(C(c2ccccc2)c2ccccc2)CC1. The second-order valence-corrected chi connectivity index (χ2v) is 9.19. The number of benzene rings is 2. The average Bonchev–Trinajstić information content (AvgIpc) is 3.30. The van der Waals surface area contributed by atoms with Gasteiger partial charge in [0.25, 0.3) is 0 Å². The number of carbonyl (C=O) groups is 1. The van der Waals surface area contributed by atoms with Crippen LogP contribution in [-0.4, -0.2) is 79.2 Å². The number of imidazole rings is 1. The molecule has 9 heteroatoms. The molecule has 0 spiro atoms. The van der Waals surface area contributed by atoms with Gasteiger partial charge < -0.3 is 15.0 Å². The van der Waals surface area contributed by atoms with Crippen molar-refractivity contribution in [3.8, 4) is 0 Å². The molecule has 1 aliphatic rings. The topological polar surface area (TPSA) is 99.4 Å². The van der Waals surface area contributed by atoms with Gasteiger partial charge in [-0.25, -0.2) is 15.0 Å². The third-order valence-corrected chi connectivity index (χ3v) is 6.57. The Balaban J connectivity index is 1.21.